The third-order valence-electron chi connectivity index (χ3n) is 3.36. The highest BCUT2D eigenvalue weighted by atomic mass is 16.5. The summed E-state index contributed by atoms with van der Waals surface area (Å²) in [5, 5.41) is 0.717. The fourth-order valence-electron chi connectivity index (χ4n) is 2.24. The topological polar surface area (TPSA) is 127 Å². The Labute approximate surface area is 132 Å². The Kier molecular flexibility index (Phi) is 4.65. The van der Waals surface area contributed by atoms with Crippen molar-refractivity contribution < 1.29 is 14.3 Å². The first-order valence-electron chi connectivity index (χ1n) is 6.93. The number of carbonyl (C=O) groups excluding carboxylic acids is 2. The normalized spacial score (nSPS) is 10.5. The highest BCUT2D eigenvalue weighted by Gasteiger charge is 2.20. The van der Waals surface area contributed by atoms with Crippen LogP contribution in [-0.2, 0) is 11.2 Å². The maximum atomic E-state index is 11.6. The number of nitrogens with zero attached hydrogens (tertiary/aromatic N) is 4. The Morgan fingerprint density at radius 1 is 1.43 bits per heavy atom. The van der Waals surface area contributed by atoms with E-state index in [4.69, 9.17) is 10.6 Å². The number of nitrogens with two attached hydrogens (primary N) is 1. The number of imide groups is 1. The summed E-state index contributed by atoms with van der Waals surface area (Å²) in [6.45, 7) is 5.13. The molecule has 10 heteroatoms. The summed E-state index contributed by atoms with van der Waals surface area (Å²) in [6, 6.07) is -0.800. The fourth-order valence-corrected chi connectivity index (χ4v) is 2.24. The molecular weight excluding hydrogens is 302 g/mol. The van der Waals surface area contributed by atoms with Crippen molar-refractivity contribution in [2.75, 3.05) is 12.5 Å². The fraction of sp³-hybridized carbons (Fsp3) is 0.385. The Hall–Kier alpha value is -2.88. The van der Waals surface area contributed by atoms with Crippen LogP contribution in [0.3, 0.4) is 0 Å². The van der Waals surface area contributed by atoms with Gasteiger partial charge in [-0.1, -0.05) is 6.92 Å². The number of methoxy groups -OCH3 is 1. The molecule has 0 aliphatic heterocycles. The minimum Gasteiger partial charge on any atom is -0.481 e. The molecule has 0 unspecified atom stereocenters. The average molecular weight is 321 g/mol. The Bertz CT molecular complexity index is 756. The lowest BCUT2D eigenvalue weighted by Crippen LogP contribution is -2.48. The molecule has 2 aromatic heterocycles. The summed E-state index contributed by atoms with van der Waals surface area (Å²) in [4.78, 5) is 31.7. The van der Waals surface area contributed by atoms with Crippen molar-refractivity contribution in [3.63, 3.8) is 0 Å². The van der Waals surface area contributed by atoms with Crippen LogP contribution in [0.1, 0.15) is 25.1 Å². The number of hydrazine groups is 2. The molecule has 0 fully saturated rings. The lowest BCUT2D eigenvalue weighted by Gasteiger charge is -2.18. The molecule has 2 rings (SSSR count). The smallest absolute Gasteiger partial charge is 0.357 e. The zero-order valence-corrected chi connectivity index (χ0v) is 13.4. The number of urea groups is 1. The maximum Gasteiger partial charge on any atom is 0.357 e. The Morgan fingerprint density at radius 2 is 2.13 bits per heavy atom. The molecule has 0 bridgehead atoms. The van der Waals surface area contributed by atoms with Gasteiger partial charge < -0.3 is 4.74 Å². The molecule has 0 aliphatic rings. The van der Waals surface area contributed by atoms with E-state index in [2.05, 4.69) is 15.4 Å². The van der Waals surface area contributed by atoms with Gasteiger partial charge in [0.15, 0.2) is 5.82 Å². The molecule has 124 valence electrons. The van der Waals surface area contributed by atoms with Gasteiger partial charge in [-0.2, -0.15) is 15.0 Å². The number of imidazole rings is 1. The lowest BCUT2D eigenvalue weighted by molar-refractivity contribution is -0.125. The predicted octanol–water partition coefficient (Wildman–Crippen LogP) is 0.367. The van der Waals surface area contributed by atoms with Gasteiger partial charge in [-0.25, -0.2) is 10.6 Å². The molecule has 0 aromatic carbocycles. The first-order valence-corrected chi connectivity index (χ1v) is 6.93. The Balaban J connectivity index is 2.46. The van der Waals surface area contributed by atoms with Crippen LogP contribution >= 0.6 is 0 Å². The third-order valence-corrected chi connectivity index (χ3v) is 3.36. The van der Waals surface area contributed by atoms with E-state index in [0.717, 1.165) is 22.7 Å². The van der Waals surface area contributed by atoms with Crippen LogP contribution in [0.4, 0.5) is 10.6 Å². The number of amides is 3. The number of nitrogens with one attached hydrogen (secondary N) is 2. The molecule has 23 heavy (non-hydrogen) atoms. The molecule has 10 nitrogen and oxygen atoms in total. The van der Waals surface area contributed by atoms with Crippen molar-refractivity contribution in [2.24, 2.45) is 5.84 Å². The van der Waals surface area contributed by atoms with E-state index in [1.165, 1.54) is 6.92 Å². The van der Waals surface area contributed by atoms with Crippen molar-refractivity contribution in [2.45, 2.75) is 27.2 Å². The highest BCUT2D eigenvalue weighted by molar-refractivity contribution is 5.94. The van der Waals surface area contributed by atoms with Gasteiger partial charge in [0.2, 0.25) is 17.6 Å². The number of ether oxygens (including phenoxy) is 1. The van der Waals surface area contributed by atoms with Crippen molar-refractivity contribution in [3.05, 3.63) is 17.5 Å². The van der Waals surface area contributed by atoms with Gasteiger partial charge in [0.1, 0.15) is 0 Å². The zero-order chi connectivity index (χ0) is 17.1. The quantitative estimate of drug-likeness (QED) is 0.422. The number of aromatic nitrogens is 3. The maximum absolute atomic E-state index is 11.6. The Morgan fingerprint density at radius 3 is 2.65 bits per heavy atom. The summed E-state index contributed by atoms with van der Waals surface area (Å²) in [5.41, 5.74) is 6.34. The van der Waals surface area contributed by atoms with Crippen LogP contribution in [-0.4, -0.2) is 38.4 Å². The molecule has 0 saturated carbocycles. The van der Waals surface area contributed by atoms with Gasteiger partial charge in [0, 0.05) is 18.2 Å². The van der Waals surface area contributed by atoms with E-state index >= 15 is 0 Å². The first kappa shape index (κ1) is 16.5. The second-order valence-electron chi connectivity index (χ2n) is 4.75. The lowest BCUT2D eigenvalue weighted by atomic mass is 10.2. The molecule has 0 radical (unpaired) electrons. The van der Waals surface area contributed by atoms with Crippen LogP contribution in [0, 0.1) is 6.92 Å². The molecular formula is C13H19N7O3. The standard InChI is InChI=1S/C13H19N7O3/c1-5-9-7(2)19-6-10(15-12(19)16-11(9)23-4)18-20(8(3)21)13(22)17-14/h6,18H,5,14H2,1-4H3,(H,17,22). The van der Waals surface area contributed by atoms with E-state index < -0.39 is 11.9 Å². The monoisotopic (exact) mass is 321 g/mol. The van der Waals surface area contributed by atoms with E-state index in [0.29, 0.717) is 11.7 Å². The zero-order valence-electron chi connectivity index (χ0n) is 13.4. The van der Waals surface area contributed by atoms with E-state index in [-0.39, 0.29) is 5.82 Å². The van der Waals surface area contributed by atoms with Gasteiger partial charge in [0.25, 0.3) is 0 Å². The molecule has 0 aliphatic carbocycles. The van der Waals surface area contributed by atoms with Gasteiger partial charge in [0.05, 0.1) is 13.3 Å². The summed E-state index contributed by atoms with van der Waals surface area (Å²) in [6.07, 6.45) is 2.38. The number of aryl methyl sites for hydroxylation is 1. The van der Waals surface area contributed by atoms with E-state index in [1.807, 2.05) is 19.3 Å². The third kappa shape index (κ3) is 3.01. The summed E-state index contributed by atoms with van der Waals surface area (Å²) in [7, 11) is 1.54. The minimum absolute atomic E-state index is 0.273. The SMILES string of the molecule is CCc1c(OC)nc2nc(NN(C(C)=O)C(=O)NN)cn2c1C. The van der Waals surface area contributed by atoms with E-state index in [9.17, 15) is 9.59 Å². The molecule has 0 atom stereocenters. The molecule has 0 spiro atoms. The average Bonchev–Trinajstić information content (AvgIpc) is 2.94. The van der Waals surface area contributed by atoms with Crippen molar-refractivity contribution in [1.29, 1.82) is 0 Å². The molecule has 0 saturated heterocycles. The van der Waals surface area contributed by atoms with Crippen LogP contribution in [0.2, 0.25) is 0 Å². The number of hydrogen-bond acceptors (Lipinski definition) is 7. The second-order valence-corrected chi connectivity index (χ2v) is 4.75. The number of carbonyl (C=O) groups is 2. The van der Waals surface area contributed by atoms with Crippen LogP contribution in [0.15, 0.2) is 6.20 Å². The van der Waals surface area contributed by atoms with Gasteiger partial charge in [-0.3, -0.25) is 20.0 Å². The van der Waals surface area contributed by atoms with Gasteiger partial charge in [-0.15, -0.1) is 0 Å². The van der Waals surface area contributed by atoms with Gasteiger partial charge >= 0.3 is 6.03 Å². The van der Waals surface area contributed by atoms with Crippen molar-refractivity contribution in [1.82, 2.24) is 24.8 Å². The van der Waals surface area contributed by atoms with Crippen LogP contribution < -0.4 is 21.4 Å². The molecule has 2 aromatic rings. The van der Waals surface area contributed by atoms with Crippen LogP contribution in [0.5, 0.6) is 5.88 Å². The first-order chi connectivity index (χ1) is 10.9. The number of rotatable bonds is 4. The van der Waals surface area contributed by atoms with Gasteiger partial charge in [-0.05, 0) is 13.3 Å². The summed E-state index contributed by atoms with van der Waals surface area (Å²) < 4.78 is 7.03. The molecule has 3 amide bonds. The number of hydrogen-bond donors (Lipinski definition) is 3. The summed E-state index contributed by atoms with van der Waals surface area (Å²) >= 11 is 0. The number of fused-ring (bicyclic) bond motifs is 1. The predicted molar refractivity (Wildman–Crippen MR) is 82.5 cm³/mol. The number of anilines is 1. The van der Waals surface area contributed by atoms with Crippen molar-refractivity contribution in [3.8, 4) is 5.88 Å². The molecule has 2 heterocycles. The minimum atomic E-state index is -0.800. The molecule has 4 N–H and O–H groups in total. The van der Waals surface area contributed by atoms with E-state index in [1.54, 1.807) is 17.7 Å². The summed E-state index contributed by atoms with van der Waals surface area (Å²) in [5.74, 6) is 5.67. The largest absolute Gasteiger partial charge is 0.481 e. The second kappa shape index (κ2) is 6.48. The van der Waals surface area contributed by atoms with Crippen LogP contribution in [0.25, 0.3) is 5.78 Å². The highest BCUT2D eigenvalue weighted by Crippen LogP contribution is 2.23. The van der Waals surface area contributed by atoms with Crippen molar-refractivity contribution >= 4 is 23.5 Å².